The topological polar surface area (TPSA) is 32.3 Å². The molecule has 0 saturated carbocycles. The smallest absolute Gasteiger partial charge is 0.150 e. The average molecular weight is 288 g/mol. The Morgan fingerprint density at radius 2 is 1.85 bits per heavy atom. The number of anilines is 1. The van der Waals surface area contributed by atoms with E-state index in [1.165, 1.54) is 43.5 Å². The predicted molar refractivity (Wildman–Crippen MR) is 83.5 cm³/mol. The number of thiophene rings is 1. The minimum atomic E-state index is 0.800. The van der Waals surface area contributed by atoms with Gasteiger partial charge in [-0.05, 0) is 50.2 Å². The summed E-state index contributed by atoms with van der Waals surface area (Å²) in [4.78, 5) is 14.0. The highest BCUT2D eigenvalue weighted by Crippen LogP contribution is 2.30. The fourth-order valence-corrected chi connectivity index (χ4v) is 4.41. The molecule has 0 bridgehead atoms. The third kappa shape index (κ3) is 2.19. The number of hydrogen-bond donors (Lipinski definition) is 0. The summed E-state index contributed by atoms with van der Waals surface area (Å²) in [7, 11) is 0. The Kier molecular flexibility index (Phi) is 3.32. The Morgan fingerprint density at radius 1 is 1.05 bits per heavy atom. The standard InChI is InChI=1S/C15H20N4S/c1-2-7-18(6-1)12-3-8-19(9-4-12)15-14-13(5-10-20-14)16-11-17-15/h5,10-12H,1-4,6-9H2. The van der Waals surface area contributed by atoms with E-state index < -0.39 is 0 Å². The van der Waals surface area contributed by atoms with Crippen LogP contribution in [0.5, 0.6) is 0 Å². The van der Waals surface area contributed by atoms with Gasteiger partial charge in [0.15, 0.2) is 0 Å². The second kappa shape index (κ2) is 5.30. The molecule has 0 radical (unpaired) electrons. The van der Waals surface area contributed by atoms with Crippen molar-refractivity contribution >= 4 is 27.4 Å². The van der Waals surface area contributed by atoms with Crippen LogP contribution in [0.2, 0.25) is 0 Å². The lowest BCUT2D eigenvalue weighted by Gasteiger charge is -2.37. The molecular formula is C15H20N4S. The van der Waals surface area contributed by atoms with Gasteiger partial charge in [0.05, 0.1) is 10.2 Å². The lowest BCUT2D eigenvalue weighted by atomic mass is 10.0. The molecule has 0 aliphatic carbocycles. The maximum Gasteiger partial charge on any atom is 0.150 e. The molecular weight excluding hydrogens is 268 g/mol. The van der Waals surface area contributed by atoms with Crippen LogP contribution < -0.4 is 4.90 Å². The number of aromatic nitrogens is 2. The molecule has 0 atom stereocenters. The summed E-state index contributed by atoms with van der Waals surface area (Å²) in [5.41, 5.74) is 1.08. The molecule has 0 spiro atoms. The summed E-state index contributed by atoms with van der Waals surface area (Å²) in [5.74, 6) is 1.14. The van der Waals surface area contributed by atoms with Crippen molar-refractivity contribution in [1.29, 1.82) is 0 Å². The van der Waals surface area contributed by atoms with Crippen molar-refractivity contribution < 1.29 is 0 Å². The van der Waals surface area contributed by atoms with E-state index in [2.05, 4.69) is 31.2 Å². The Labute approximate surface area is 123 Å². The Morgan fingerprint density at radius 3 is 2.65 bits per heavy atom. The molecule has 2 fully saturated rings. The number of fused-ring (bicyclic) bond motifs is 1. The molecule has 2 aliphatic rings. The van der Waals surface area contributed by atoms with E-state index in [1.54, 1.807) is 17.7 Å². The van der Waals surface area contributed by atoms with Gasteiger partial charge in [0.25, 0.3) is 0 Å². The molecule has 2 aliphatic heterocycles. The van der Waals surface area contributed by atoms with E-state index in [1.807, 2.05) is 0 Å². The van der Waals surface area contributed by atoms with Gasteiger partial charge in [-0.25, -0.2) is 9.97 Å². The molecule has 0 unspecified atom stereocenters. The van der Waals surface area contributed by atoms with E-state index in [-0.39, 0.29) is 0 Å². The SMILES string of the molecule is c1nc(N2CCC(N3CCCC3)CC2)c2sccc2n1. The van der Waals surface area contributed by atoms with Gasteiger partial charge in [-0.1, -0.05) is 0 Å². The molecule has 20 heavy (non-hydrogen) atoms. The van der Waals surface area contributed by atoms with Crippen LogP contribution in [0.25, 0.3) is 10.2 Å². The number of rotatable bonds is 2. The normalized spacial score (nSPS) is 21.9. The molecule has 2 aromatic rings. The maximum atomic E-state index is 4.54. The van der Waals surface area contributed by atoms with Crippen molar-refractivity contribution in [3.8, 4) is 0 Å². The van der Waals surface area contributed by atoms with Crippen molar-refractivity contribution in [3.05, 3.63) is 17.8 Å². The molecule has 0 aromatic carbocycles. The van der Waals surface area contributed by atoms with Gasteiger partial charge in [-0.2, -0.15) is 0 Å². The minimum Gasteiger partial charge on any atom is -0.355 e. The van der Waals surface area contributed by atoms with Gasteiger partial charge in [-0.3, -0.25) is 0 Å². The zero-order valence-corrected chi connectivity index (χ0v) is 12.5. The van der Waals surface area contributed by atoms with Gasteiger partial charge < -0.3 is 9.80 Å². The van der Waals surface area contributed by atoms with Crippen molar-refractivity contribution in [1.82, 2.24) is 14.9 Å². The predicted octanol–water partition coefficient (Wildman–Crippen LogP) is 2.76. The van der Waals surface area contributed by atoms with Gasteiger partial charge in [0.2, 0.25) is 0 Å². The maximum absolute atomic E-state index is 4.54. The lowest BCUT2D eigenvalue weighted by Crippen LogP contribution is -2.44. The first kappa shape index (κ1) is 12.5. The minimum absolute atomic E-state index is 0.800. The van der Waals surface area contributed by atoms with Crippen LogP contribution in [0.4, 0.5) is 5.82 Å². The van der Waals surface area contributed by atoms with Crippen molar-refractivity contribution in [3.63, 3.8) is 0 Å². The first-order valence-corrected chi connectivity index (χ1v) is 8.47. The van der Waals surface area contributed by atoms with Crippen LogP contribution >= 0.6 is 11.3 Å². The average Bonchev–Trinajstić information content (AvgIpc) is 3.18. The molecule has 2 saturated heterocycles. The molecule has 4 heterocycles. The second-order valence-corrected chi connectivity index (χ2v) is 6.71. The van der Waals surface area contributed by atoms with Crippen LogP contribution in [0, 0.1) is 0 Å². The molecule has 4 nitrogen and oxygen atoms in total. The second-order valence-electron chi connectivity index (χ2n) is 5.79. The monoisotopic (exact) mass is 288 g/mol. The highest BCUT2D eigenvalue weighted by atomic mass is 32.1. The van der Waals surface area contributed by atoms with E-state index in [0.717, 1.165) is 30.5 Å². The zero-order chi connectivity index (χ0) is 13.4. The fourth-order valence-electron chi connectivity index (χ4n) is 3.55. The Hall–Kier alpha value is -1.20. The van der Waals surface area contributed by atoms with Crippen molar-refractivity contribution in [2.75, 3.05) is 31.1 Å². The molecule has 4 rings (SSSR count). The summed E-state index contributed by atoms with van der Waals surface area (Å²) in [6.45, 7) is 4.89. The largest absolute Gasteiger partial charge is 0.355 e. The van der Waals surface area contributed by atoms with Crippen LogP contribution in [0.1, 0.15) is 25.7 Å². The van der Waals surface area contributed by atoms with E-state index in [9.17, 15) is 0 Å². The molecule has 2 aromatic heterocycles. The number of hydrogen-bond acceptors (Lipinski definition) is 5. The van der Waals surface area contributed by atoms with Gasteiger partial charge in [0, 0.05) is 19.1 Å². The summed E-state index contributed by atoms with van der Waals surface area (Å²) in [6, 6.07) is 2.89. The quantitative estimate of drug-likeness (QED) is 0.850. The summed E-state index contributed by atoms with van der Waals surface area (Å²) in [6.07, 6.45) is 7.04. The zero-order valence-electron chi connectivity index (χ0n) is 11.7. The lowest BCUT2D eigenvalue weighted by molar-refractivity contribution is 0.208. The first-order valence-electron chi connectivity index (χ1n) is 7.59. The summed E-state index contributed by atoms with van der Waals surface area (Å²) < 4.78 is 1.24. The fraction of sp³-hybridized carbons (Fsp3) is 0.600. The van der Waals surface area contributed by atoms with Crippen molar-refractivity contribution in [2.24, 2.45) is 0 Å². The molecule has 0 amide bonds. The van der Waals surface area contributed by atoms with Gasteiger partial charge in [-0.15, -0.1) is 11.3 Å². The Balaban J connectivity index is 1.50. The van der Waals surface area contributed by atoms with E-state index >= 15 is 0 Å². The van der Waals surface area contributed by atoms with Gasteiger partial charge >= 0.3 is 0 Å². The first-order chi connectivity index (χ1) is 9.92. The molecule has 5 heteroatoms. The van der Waals surface area contributed by atoms with Crippen molar-refractivity contribution in [2.45, 2.75) is 31.7 Å². The van der Waals surface area contributed by atoms with E-state index in [0.29, 0.717) is 0 Å². The highest BCUT2D eigenvalue weighted by Gasteiger charge is 2.27. The Bertz CT molecular complexity index is 582. The molecule has 106 valence electrons. The van der Waals surface area contributed by atoms with Crippen LogP contribution in [0.3, 0.4) is 0 Å². The number of nitrogens with zero attached hydrogens (tertiary/aromatic N) is 4. The number of piperidine rings is 1. The molecule has 0 N–H and O–H groups in total. The van der Waals surface area contributed by atoms with Crippen LogP contribution in [-0.2, 0) is 0 Å². The third-order valence-electron chi connectivity index (χ3n) is 4.65. The summed E-state index contributed by atoms with van der Waals surface area (Å²) >= 11 is 1.76. The third-order valence-corrected chi connectivity index (χ3v) is 5.55. The van der Waals surface area contributed by atoms with Crippen LogP contribution in [-0.4, -0.2) is 47.1 Å². The highest BCUT2D eigenvalue weighted by molar-refractivity contribution is 7.17. The summed E-state index contributed by atoms with van der Waals surface area (Å²) in [5, 5.41) is 2.11. The van der Waals surface area contributed by atoms with Crippen LogP contribution in [0.15, 0.2) is 17.8 Å². The van der Waals surface area contributed by atoms with E-state index in [4.69, 9.17) is 0 Å². The van der Waals surface area contributed by atoms with Gasteiger partial charge in [0.1, 0.15) is 12.1 Å². The number of likely N-dealkylation sites (tertiary alicyclic amines) is 1.